The highest BCUT2D eigenvalue weighted by molar-refractivity contribution is 5.94. The zero-order valence-electron chi connectivity index (χ0n) is 17.3. The lowest BCUT2D eigenvalue weighted by atomic mass is 9.86. The highest BCUT2D eigenvalue weighted by Gasteiger charge is 2.20. The lowest BCUT2D eigenvalue weighted by molar-refractivity contribution is -0.128. The molecule has 0 aliphatic carbocycles. The summed E-state index contributed by atoms with van der Waals surface area (Å²) < 4.78 is 0. The molecule has 3 rings (SSSR count). The van der Waals surface area contributed by atoms with Crippen LogP contribution in [0.5, 0.6) is 0 Å². The van der Waals surface area contributed by atoms with E-state index in [1.54, 1.807) is 0 Å². The SMILES string of the molecule is C[C@@H](NC(=O)c1ccc(CN2CCCC2=O)cc1)c1ccc(C(C)(C)C)cc1. The third kappa shape index (κ3) is 4.80. The van der Waals surface area contributed by atoms with Crippen molar-refractivity contribution in [2.24, 2.45) is 0 Å². The number of carbonyl (C=O) groups excluding carboxylic acids is 2. The van der Waals surface area contributed by atoms with Crippen molar-refractivity contribution < 1.29 is 9.59 Å². The minimum absolute atomic E-state index is 0.0663. The van der Waals surface area contributed by atoms with E-state index in [1.807, 2.05) is 36.1 Å². The smallest absolute Gasteiger partial charge is 0.251 e. The Balaban J connectivity index is 1.60. The van der Waals surface area contributed by atoms with E-state index < -0.39 is 0 Å². The van der Waals surface area contributed by atoms with Crippen LogP contribution in [-0.2, 0) is 16.8 Å². The Hall–Kier alpha value is -2.62. The number of hydrogen-bond donors (Lipinski definition) is 1. The predicted molar refractivity (Wildman–Crippen MR) is 112 cm³/mol. The second-order valence-corrected chi connectivity index (χ2v) is 8.68. The van der Waals surface area contributed by atoms with Crippen molar-refractivity contribution in [1.82, 2.24) is 10.2 Å². The number of nitrogens with one attached hydrogen (secondary N) is 1. The first kappa shape index (κ1) is 20.1. The van der Waals surface area contributed by atoms with E-state index in [2.05, 4.69) is 50.4 Å². The Labute approximate surface area is 167 Å². The fraction of sp³-hybridized carbons (Fsp3) is 0.417. The molecule has 2 aromatic rings. The molecule has 0 saturated carbocycles. The first-order valence-corrected chi connectivity index (χ1v) is 10.0. The first-order valence-electron chi connectivity index (χ1n) is 10.0. The molecule has 0 aromatic heterocycles. The van der Waals surface area contributed by atoms with Crippen molar-refractivity contribution in [3.8, 4) is 0 Å². The van der Waals surface area contributed by atoms with Gasteiger partial charge in [-0.25, -0.2) is 0 Å². The molecule has 0 unspecified atom stereocenters. The van der Waals surface area contributed by atoms with Gasteiger partial charge in [0.05, 0.1) is 6.04 Å². The number of nitrogens with zero attached hydrogens (tertiary/aromatic N) is 1. The molecule has 2 amide bonds. The van der Waals surface area contributed by atoms with Gasteiger partial charge in [-0.3, -0.25) is 9.59 Å². The second kappa shape index (κ2) is 8.17. The van der Waals surface area contributed by atoms with Crippen molar-refractivity contribution in [3.63, 3.8) is 0 Å². The Morgan fingerprint density at radius 1 is 1.07 bits per heavy atom. The molecule has 4 nitrogen and oxygen atoms in total. The highest BCUT2D eigenvalue weighted by Crippen LogP contribution is 2.24. The maximum atomic E-state index is 12.6. The van der Waals surface area contributed by atoms with Gasteiger partial charge in [0.25, 0.3) is 5.91 Å². The monoisotopic (exact) mass is 378 g/mol. The van der Waals surface area contributed by atoms with Crippen LogP contribution in [0.4, 0.5) is 0 Å². The quantitative estimate of drug-likeness (QED) is 0.827. The summed E-state index contributed by atoms with van der Waals surface area (Å²) in [6, 6.07) is 15.9. The molecule has 28 heavy (non-hydrogen) atoms. The van der Waals surface area contributed by atoms with Crippen molar-refractivity contribution in [1.29, 1.82) is 0 Å². The lowest BCUT2D eigenvalue weighted by Crippen LogP contribution is -2.27. The molecule has 1 atom stereocenters. The molecular formula is C24H30N2O2. The average molecular weight is 379 g/mol. The van der Waals surface area contributed by atoms with Crippen LogP contribution >= 0.6 is 0 Å². The predicted octanol–water partition coefficient (Wildman–Crippen LogP) is 4.60. The third-order valence-electron chi connectivity index (χ3n) is 5.39. The van der Waals surface area contributed by atoms with Gasteiger partial charge in [-0.05, 0) is 47.6 Å². The van der Waals surface area contributed by atoms with Crippen LogP contribution in [0, 0.1) is 0 Å². The highest BCUT2D eigenvalue weighted by atomic mass is 16.2. The lowest BCUT2D eigenvalue weighted by Gasteiger charge is -2.21. The van der Waals surface area contributed by atoms with Gasteiger partial charge in [0.15, 0.2) is 0 Å². The summed E-state index contributed by atoms with van der Waals surface area (Å²) in [6.45, 7) is 10.0. The maximum Gasteiger partial charge on any atom is 0.251 e. The fourth-order valence-electron chi connectivity index (χ4n) is 3.49. The van der Waals surface area contributed by atoms with Crippen LogP contribution < -0.4 is 5.32 Å². The van der Waals surface area contributed by atoms with E-state index in [0.29, 0.717) is 18.5 Å². The Kier molecular flexibility index (Phi) is 5.87. The molecule has 1 heterocycles. The third-order valence-corrected chi connectivity index (χ3v) is 5.39. The fourth-order valence-corrected chi connectivity index (χ4v) is 3.49. The zero-order valence-corrected chi connectivity index (χ0v) is 17.3. The van der Waals surface area contributed by atoms with Gasteiger partial charge in [0, 0.05) is 25.1 Å². The van der Waals surface area contributed by atoms with E-state index in [9.17, 15) is 9.59 Å². The summed E-state index contributed by atoms with van der Waals surface area (Å²) in [6.07, 6.45) is 1.59. The largest absolute Gasteiger partial charge is 0.346 e. The number of hydrogen-bond acceptors (Lipinski definition) is 2. The van der Waals surface area contributed by atoms with Gasteiger partial charge in [-0.1, -0.05) is 57.2 Å². The van der Waals surface area contributed by atoms with Crippen molar-refractivity contribution in [2.45, 2.75) is 58.5 Å². The summed E-state index contributed by atoms with van der Waals surface area (Å²) >= 11 is 0. The van der Waals surface area contributed by atoms with E-state index in [1.165, 1.54) is 5.56 Å². The Bertz CT molecular complexity index is 832. The average Bonchev–Trinajstić information content (AvgIpc) is 3.06. The first-order chi connectivity index (χ1) is 13.2. The summed E-state index contributed by atoms with van der Waals surface area (Å²) in [5.41, 5.74) is 4.17. The number of likely N-dealkylation sites (tertiary alicyclic amines) is 1. The van der Waals surface area contributed by atoms with Crippen LogP contribution in [0.2, 0.25) is 0 Å². The van der Waals surface area contributed by atoms with Crippen LogP contribution in [0.1, 0.15) is 73.6 Å². The van der Waals surface area contributed by atoms with Crippen molar-refractivity contribution >= 4 is 11.8 Å². The maximum absolute atomic E-state index is 12.6. The standard InChI is InChI=1S/C24H30N2O2/c1-17(19-11-13-21(14-12-19)24(2,3)4)25-23(28)20-9-7-18(8-10-20)16-26-15-5-6-22(26)27/h7-14,17H,5-6,15-16H2,1-4H3,(H,25,28)/t17-/m1/s1. The molecule has 4 heteroatoms. The van der Waals surface area contributed by atoms with Crippen molar-refractivity contribution in [2.75, 3.05) is 6.54 Å². The molecule has 1 aliphatic heterocycles. The summed E-state index contributed by atoms with van der Waals surface area (Å²) in [7, 11) is 0. The molecule has 1 N–H and O–H groups in total. The summed E-state index contributed by atoms with van der Waals surface area (Å²) in [5, 5.41) is 3.07. The Morgan fingerprint density at radius 3 is 2.25 bits per heavy atom. The van der Waals surface area contributed by atoms with Crippen molar-refractivity contribution in [3.05, 3.63) is 70.8 Å². The normalized spacial score (nSPS) is 15.6. The molecule has 1 aliphatic rings. The van der Waals surface area contributed by atoms with E-state index in [0.717, 1.165) is 24.1 Å². The zero-order chi connectivity index (χ0) is 20.3. The van der Waals surface area contributed by atoms with E-state index in [4.69, 9.17) is 0 Å². The van der Waals surface area contributed by atoms with Gasteiger partial charge in [0.1, 0.15) is 0 Å². The molecule has 1 fully saturated rings. The van der Waals surface area contributed by atoms with Gasteiger partial charge >= 0.3 is 0 Å². The van der Waals surface area contributed by atoms with Crippen LogP contribution in [0.15, 0.2) is 48.5 Å². The number of amides is 2. The number of carbonyl (C=O) groups is 2. The van der Waals surface area contributed by atoms with E-state index >= 15 is 0 Å². The van der Waals surface area contributed by atoms with Crippen LogP contribution in [-0.4, -0.2) is 23.3 Å². The number of benzene rings is 2. The van der Waals surface area contributed by atoms with Gasteiger partial charge < -0.3 is 10.2 Å². The van der Waals surface area contributed by atoms with Crippen LogP contribution in [0.25, 0.3) is 0 Å². The summed E-state index contributed by atoms with van der Waals surface area (Å²) in [5.74, 6) is 0.129. The van der Waals surface area contributed by atoms with E-state index in [-0.39, 0.29) is 23.3 Å². The molecule has 2 aromatic carbocycles. The molecule has 0 spiro atoms. The molecule has 148 valence electrons. The second-order valence-electron chi connectivity index (χ2n) is 8.68. The Morgan fingerprint density at radius 2 is 1.71 bits per heavy atom. The molecular weight excluding hydrogens is 348 g/mol. The van der Waals surface area contributed by atoms with Gasteiger partial charge in [-0.15, -0.1) is 0 Å². The molecule has 1 saturated heterocycles. The molecule has 0 bridgehead atoms. The molecule has 0 radical (unpaired) electrons. The van der Waals surface area contributed by atoms with Gasteiger partial charge in [-0.2, -0.15) is 0 Å². The van der Waals surface area contributed by atoms with Crippen LogP contribution in [0.3, 0.4) is 0 Å². The minimum Gasteiger partial charge on any atom is -0.346 e. The summed E-state index contributed by atoms with van der Waals surface area (Å²) in [4.78, 5) is 26.2. The topological polar surface area (TPSA) is 49.4 Å². The van der Waals surface area contributed by atoms with Gasteiger partial charge in [0.2, 0.25) is 5.91 Å². The minimum atomic E-state index is -0.0869. The number of rotatable bonds is 5.